The number of alkyl carbamates (subject to hydrolysis) is 3. The monoisotopic (exact) mass is 1150 g/mol. The minimum atomic E-state index is -1.18. The number of amides is 4. The van der Waals surface area contributed by atoms with Crippen LogP contribution in [0, 0.1) is 60.2 Å². The van der Waals surface area contributed by atoms with E-state index in [0.717, 1.165) is 11.8 Å². The summed E-state index contributed by atoms with van der Waals surface area (Å²) in [6.45, 7) is 15.5. The number of thioether (sulfide) groups is 2. The van der Waals surface area contributed by atoms with Gasteiger partial charge in [0.15, 0.2) is 10.3 Å². The normalized spacial score (nSPS) is 11.6. The molecule has 2 aromatic heterocycles. The number of nitrogens with two attached hydrogens (primary N) is 4. The summed E-state index contributed by atoms with van der Waals surface area (Å²) in [4.78, 5) is 64.5. The van der Waals surface area contributed by atoms with Gasteiger partial charge < -0.3 is 63.5 Å². The van der Waals surface area contributed by atoms with E-state index in [1.165, 1.54) is 11.8 Å². The molecule has 4 atom stereocenters. The maximum atomic E-state index is 11.8. The molecular formula is C41H68ClIN16O9S2. The first-order valence-electron chi connectivity index (χ1n) is 19.7. The number of aromatic amines is 2. The van der Waals surface area contributed by atoms with Crippen LogP contribution in [-0.2, 0) is 23.8 Å². The van der Waals surface area contributed by atoms with Crippen molar-refractivity contribution in [2.45, 2.75) is 129 Å². The molecule has 0 unspecified atom stereocenters. The Morgan fingerprint density at radius 1 is 0.686 bits per heavy atom. The lowest BCUT2D eigenvalue weighted by molar-refractivity contribution is -0.139. The topological polar surface area (TPSA) is 416 Å². The Morgan fingerprint density at radius 3 is 1.36 bits per heavy atom. The smallest absolute Gasteiger partial charge is 0.408 e. The van der Waals surface area contributed by atoms with Crippen molar-refractivity contribution in [3.63, 3.8) is 0 Å². The van der Waals surface area contributed by atoms with Crippen molar-refractivity contribution in [3.8, 4) is 49.4 Å². The predicted octanol–water partition coefficient (Wildman–Crippen LogP) is 3.97. The van der Waals surface area contributed by atoms with Gasteiger partial charge in [-0.1, -0.05) is 23.5 Å². The molecule has 0 aliphatic rings. The number of rotatable bonds is 11. The molecule has 4 amide bonds. The fourth-order valence-corrected chi connectivity index (χ4v) is 3.90. The Kier molecular flexibility index (Phi) is 39.0. The summed E-state index contributed by atoms with van der Waals surface area (Å²) < 4.78 is 15.1. The van der Waals surface area contributed by atoms with E-state index in [1.807, 2.05) is 0 Å². The number of aliphatic carboxylic acids is 1. The van der Waals surface area contributed by atoms with E-state index >= 15 is 0 Å². The number of hydrogen-bond acceptors (Lipinski definition) is 19. The van der Waals surface area contributed by atoms with Gasteiger partial charge in [-0.15, -0.1) is 96.0 Å². The van der Waals surface area contributed by atoms with Gasteiger partial charge in [0, 0.05) is 25.7 Å². The Hall–Kier alpha value is -6.31. The minimum absolute atomic E-state index is 0. The number of anilines is 2. The highest BCUT2D eigenvalue weighted by Crippen LogP contribution is 2.15. The van der Waals surface area contributed by atoms with Crippen LogP contribution in [0.5, 0.6) is 0 Å². The van der Waals surface area contributed by atoms with Gasteiger partial charge in [-0.3, -0.25) is 25.8 Å². The number of carboxylic acids is 1. The Morgan fingerprint density at radius 2 is 1.04 bits per heavy atom. The van der Waals surface area contributed by atoms with E-state index in [2.05, 4.69) is 75.3 Å². The predicted molar refractivity (Wildman–Crippen MR) is 286 cm³/mol. The summed E-state index contributed by atoms with van der Waals surface area (Å²) in [5, 5.41) is 44.7. The highest BCUT2D eigenvalue weighted by atomic mass is 127. The van der Waals surface area contributed by atoms with Gasteiger partial charge >= 0.3 is 24.2 Å². The zero-order valence-corrected chi connectivity index (χ0v) is 45.7. The third-order valence-electron chi connectivity index (χ3n) is 6.37. The van der Waals surface area contributed by atoms with Crippen LogP contribution in [-0.4, -0.2) is 117 Å². The van der Waals surface area contributed by atoms with E-state index in [1.54, 1.807) is 74.8 Å². The maximum absolute atomic E-state index is 11.8. The number of nitrogen functional groups attached to an aromatic ring is 2. The molecule has 392 valence electrons. The van der Waals surface area contributed by atoms with Crippen LogP contribution >= 0.6 is 59.9 Å². The highest BCUT2D eigenvalue weighted by molar-refractivity contribution is 14.0. The summed E-state index contributed by atoms with van der Waals surface area (Å²) in [5.41, 5.74) is 19.2. The number of terminal acetylenes is 4. The van der Waals surface area contributed by atoms with Gasteiger partial charge in [0.25, 0.3) is 0 Å². The van der Waals surface area contributed by atoms with Gasteiger partial charge in [-0.2, -0.15) is 9.97 Å². The van der Waals surface area contributed by atoms with Crippen molar-refractivity contribution in [2.75, 3.05) is 24.0 Å². The zero-order chi connectivity index (χ0) is 53.4. The summed E-state index contributed by atoms with van der Waals surface area (Å²) in [7, 11) is 0. The minimum Gasteiger partial charge on any atom is -0.480 e. The molecule has 2 aromatic rings. The Bertz CT molecular complexity index is 2110. The largest absolute Gasteiger partial charge is 0.480 e. The quantitative estimate of drug-likeness (QED) is 0.0497. The number of nitrogens with zero attached hydrogens (tertiary/aromatic N) is 4. The number of ether oxygens (including phenoxy) is 3. The van der Waals surface area contributed by atoms with Gasteiger partial charge in [0.1, 0.15) is 46.6 Å². The van der Waals surface area contributed by atoms with Crippen molar-refractivity contribution in [3.05, 3.63) is 11.6 Å². The molecule has 17 N–H and O–H groups in total. The maximum Gasteiger partial charge on any atom is 0.408 e. The molecule has 29 heteroatoms. The molecule has 25 nitrogen and oxygen atoms in total. The molecule has 0 aliphatic carbocycles. The van der Waals surface area contributed by atoms with Crippen molar-refractivity contribution in [2.24, 2.45) is 11.5 Å². The SMILES string of the molecule is C#CC[C@@H](N)c1nc(N)n[nH]1.C#CC[C@@H](NC(=O)OC(C)(C)C)c1nc(N)n[nH]1.C#CC[C@H](NC(=O)OC(C)(C)C)C(=O)NC(=N)SC.C#CC[C@H](NC(=O)OC(C)(C)C)C(=O)O.CSC(=N)N.Cl.I. The van der Waals surface area contributed by atoms with Crippen LogP contribution in [0.2, 0.25) is 0 Å². The fraction of sp³-hybridized carbons (Fsp3) is 0.537. The van der Waals surface area contributed by atoms with Crippen molar-refractivity contribution in [1.29, 1.82) is 10.8 Å². The third kappa shape index (κ3) is 40.7. The first-order valence-corrected chi connectivity index (χ1v) is 22.1. The molecule has 0 spiro atoms. The van der Waals surface area contributed by atoms with Crippen LogP contribution in [0.3, 0.4) is 0 Å². The van der Waals surface area contributed by atoms with E-state index in [9.17, 15) is 24.0 Å². The summed E-state index contributed by atoms with van der Waals surface area (Å²) in [5.74, 6) is 8.82. The fourth-order valence-electron chi connectivity index (χ4n) is 3.70. The molecule has 2 rings (SSSR count). The van der Waals surface area contributed by atoms with E-state index in [-0.39, 0.29) is 83.9 Å². The number of amidine groups is 2. The van der Waals surface area contributed by atoms with Gasteiger partial charge in [-0.25, -0.2) is 19.2 Å². The number of halogens is 2. The molecular weight excluding hydrogens is 1090 g/mol. The van der Waals surface area contributed by atoms with Crippen LogP contribution in [0.25, 0.3) is 0 Å². The molecule has 0 aliphatic heterocycles. The standard InChI is InChI=1S/C12H19N3O3S.C11H17N5O2.C10H15NO4.C6H9N5.C2H6N2S.ClH.HI/c1-6-7-8(9(16)15-10(13)19-5)14-11(17)18-12(2,3)4;1-5-6-7(8-14-9(12)16-15-8)13-10(17)18-11(2,3)4;1-5-6-7(8(12)13)11-9(14)15-10(2,3)4;1-2-3-4(7)5-9-6(8)11-10-5;1-5-2(3)4;;/h1,8H,7H2,2-5H3,(H,14,17)(H2,13,15,16);1,7H,6H2,2-4H3,(H,13,17)(H3,12,14,15,16);1,7H,6H2,2-4H3,(H,11,14)(H,12,13);1,4H,3,7H2,(H3,8,9,10,11);1H3,(H3,3,4);2*1H/t8-;2*7-;4-;;;/m0101.../s1. The molecule has 0 fully saturated rings. The molecule has 0 saturated carbocycles. The second-order valence-corrected chi connectivity index (χ2v) is 17.6. The third-order valence-corrected chi connectivity index (χ3v) is 7.32. The molecule has 0 bridgehead atoms. The average Bonchev–Trinajstić information content (AvgIpc) is 3.84. The Balaban J connectivity index is -0.000000260. The van der Waals surface area contributed by atoms with Gasteiger partial charge in [0.2, 0.25) is 17.8 Å². The summed E-state index contributed by atoms with van der Waals surface area (Å²) in [6, 6.07) is -2.84. The van der Waals surface area contributed by atoms with Crippen molar-refractivity contribution in [1.82, 2.24) is 51.6 Å². The highest BCUT2D eigenvalue weighted by Gasteiger charge is 2.26. The lowest BCUT2D eigenvalue weighted by Gasteiger charge is -2.22. The molecule has 70 heavy (non-hydrogen) atoms. The lowest BCUT2D eigenvalue weighted by atomic mass is 10.2. The van der Waals surface area contributed by atoms with Crippen LogP contribution in [0.1, 0.15) is 112 Å². The summed E-state index contributed by atoms with van der Waals surface area (Å²) in [6.07, 6.45) is 22.4. The van der Waals surface area contributed by atoms with Crippen molar-refractivity contribution >= 4 is 112 Å². The number of hydrogen-bond donors (Lipinski definition) is 13. The van der Waals surface area contributed by atoms with E-state index in [4.69, 9.17) is 78.8 Å². The molecule has 2 heterocycles. The second kappa shape index (κ2) is 37.6. The molecule has 0 saturated heterocycles. The van der Waals surface area contributed by atoms with E-state index in [0.29, 0.717) is 18.1 Å². The number of carbonyl (C=O) groups excluding carboxylic acids is 4. The van der Waals surface area contributed by atoms with E-state index < -0.39 is 65.1 Å². The van der Waals surface area contributed by atoms with Crippen molar-refractivity contribution < 1.29 is 43.3 Å². The zero-order valence-electron chi connectivity index (χ0n) is 40.9. The number of H-pyrrole nitrogens is 2. The van der Waals surface area contributed by atoms with Crippen LogP contribution in [0.4, 0.5) is 26.3 Å². The number of aromatic nitrogens is 6. The first-order chi connectivity index (χ1) is 31.3. The number of carbonyl (C=O) groups is 5. The Labute approximate surface area is 441 Å². The summed E-state index contributed by atoms with van der Waals surface area (Å²) >= 11 is 2.31. The van der Waals surface area contributed by atoms with Crippen LogP contribution < -0.4 is 44.2 Å². The molecule has 0 aromatic carbocycles. The first kappa shape index (κ1) is 72.7. The number of nitrogens with one attached hydrogen (secondary N) is 8. The van der Waals surface area contributed by atoms with Gasteiger partial charge in [0.05, 0.1) is 6.04 Å². The average molecular weight is 1160 g/mol. The second-order valence-electron chi connectivity index (χ2n) is 15.9. The van der Waals surface area contributed by atoms with Crippen LogP contribution in [0.15, 0.2) is 0 Å². The number of carboxylic acid groups (broad SMARTS) is 1. The van der Waals surface area contributed by atoms with Gasteiger partial charge in [-0.05, 0) is 74.8 Å². The molecule has 0 radical (unpaired) electrons. The lowest BCUT2D eigenvalue weighted by Crippen LogP contribution is -2.48.